The first-order valence-corrected chi connectivity index (χ1v) is 23.8. The number of halogens is 4. The Balaban J connectivity index is 0.00000514. The zero-order chi connectivity index (χ0) is 42.1. The van der Waals surface area contributed by atoms with Gasteiger partial charge in [-0.3, -0.25) is 9.88 Å². The molecule has 0 spiro atoms. The molecule has 14 heteroatoms. The summed E-state index contributed by atoms with van der Waals surface area (Å²) in [5, 5.41) is 16.1. The zero-order valence-corrected chi connectivity index (χ0v) is 37.6. The maximum atomic E-state index is 18.0. The number of alkyl halides is 1. The van der Waals surface area contributed by atoms with Crippen LogP contribution in [0.2, 0.25) is 16.6 Å². The first-order valence-electron chi connectivity index (χ1n) is 21.6. The number of phenols is 1. The maximum Gasteiger partial charge on any atom is 0.319 e. The van der Waals surface area contributed by atoms with E-state index in [1.807, 2.05) is 6.07 Å². The van der Waals surface area contributed by atoms with Gasteiger partial charge in [-0.2, -0.15) is 9.97 Å². The normalized spacial score (nSPS) is 22.6. The van der Waals surface area contributed by atoms with E-state index in [0.717, 1.165) is 32.2 Å². The molecule has 0 amide bonds. The Hall–Kier alpha value is -4.48. The van der Waals surface area contributed by atoms with Crippen LogP contribution in [0, 0.1) is 23.1 Å². The maximum absolute atomic E-state index is 18.0. The quantitative estimate of drug-likeness (QED) is 0.111. The van der Waals surface area contributed by atoms with Crippen LogP contribution < -0.4 is 15.0 Å². The van der Waals surface area contributed by atoms with Crippen LogP contribution in [0.15, 0.2) is 48.8 Å². The van der Waals surface area contributed by atoms with Crippen molar-refractivity contribution in [1.29, 1.82) is 0 Å². The summed E-state index contributed by atoms with van der Waals surface area (Å²) >= 11 is 0. The third-order valence-electron chi connectivity index (χ3n) is 14.0. The molecular weight excluding hydrogens is 815 g/mol. The van der Waals surface area contributed by atoms with E-state index in [1.165, 1.54) is 12.1 Å². The number of piperazine rings is 1. The second kappa shape index (κ2) is 16.7. The lowest BCUT2D eigenvalue weighted by atomic mass is 9.95. The van der Waals surface area contributed by atoms with Gasteiger partial charge in [-0.15, -0.1) is 18.0 Å². The van der Waals surface area contributed by atoms with Gasteiger partial charge in [0.2, 0.25) is 0 Å². The summed E-state index contributed by atoms with van der Waals surface area (Å²) in [5.74, 6) is 2.39. The van der Waals surface area contributed by atoms with E-state index in [0.29, 0.717) is 75.9 Å². The molecule has 0 aliphatic carbocycles. The number of nitrogens with one attached hydrogen (secondary N) is 1. The average molecular weight is 871 g/mol. The summed E-state index contributed by atoms with van der Waals surface area (Å²) in [6.45, 7) is 15.8. The highest BCUT2D eigenvalue weighted by molar-refractivity contribution is 6.90. The summed E-state index contributed by atoms with van der Waals surface area (Å²) in [6, 6.07) is 10.0. The van der Waals surface area contributed by atoms with Gasteiger partial charge in [0.1, 0.15) is 49.4 Å². The van der Waals surface area contributed by atoms with Crippen molar-refractivity contribution in [2.45, 2.75) is 114 Å². The van der Waals surface area contributed by atoms with Gasteiger partial charge >= 0.3 is 6.01 Å². The molecule has 9 rings (SSSR count). The number of rotatable bonds is 9. The molecule has 4 aliphatic rings. The standard InChI is InChI=1S/C47H54F3N7O2Si.ClH/c1-27(2)60(28(3)4,29(5)6)18-14-36-38(49)13-10-30-19-35(58)20-37(39(30)36)43-41(50)44-40(42(53-43)31-9-7-16-51-22-31)45(56-24-33-11-12-34(25-56)52-33)55-46(54-44)59-26-47-15-8-17-57(47)23-32(48)21-47;/h7,9-10,13,16,19-20,22,27-29,32-34,52,58H,8,11-12,15,17,21,23-26H2,1-6H3;1H/t32-,33-,34+,47+;/m1./s1. The second-order valence-corrected chi connectivity index (χ2v) is 24.1. The van der Waals surface area contributed by atoms with Crippen LogP contribution in [-0.4, -0.2) is 94.6 Å². The molecule has 5 aromatic rings. The van der Waals surface area contributed by atoms with E-state index in [4.69, 9.17) is 19.7 Å². The largest absolute Gasteiger partial charge is 0.508 e. The number of aromatic nitrogens is 4. The number of nitrogens with zero attached hydrogens (tertiary/aromatic N) is 6. The van der Waals surface area contributed by atoms with Crippen LogP contribution in [0.3, 0.4) is 0 Å². The lowest BCUT2D eigenvalue weighted by molar-refractivity contribution is 0.107. The predicted molar refractivity (Wildman–Crippen MR) is 241 cm³/mol. The summed E-state index contributed by atoms with van der Waals surface area (Å²) in [7, 11) is -2.33. The minimum Gasteiger partial charge on any atom is -0.508 e. The van der Waals surface area contributed by atoms with E-state index in [9.17, 15) is 9.50 Å². The van der Waals surface area contributed by atoms with Crippen LogP contribution in [0.25, 0.3) is 44.2 Å². The van der Waals surface area contributed by atoms with E-state index >= 15 is 8.78 Å². The Kier molecular flexibility index (Phi) is 11.8. The van der Waals surface area contributed by atoms with Crippen molar-refractivity contribution in [3.63, 3.8) is 0 Å². The molecule has 322 valence electrons. The molecule has 61 heavy (non-hydrogen) atoms. The molecular formula is C47H55ClF3N7O2Si. The van der Waals surface area contributed by atoms with Gasteiger partial charge in [0.25, 0.3) is 0 Å². The molecule has 2 aromatic carbocycles. The minimum atomic E-state index is -2.33. The number of hydrogen-bond donors (Lipinski definition) is 2. The lowest BCUT2D eigenvalue weighted by Crippen LogP contribution is -2.51. The fourth-order valence-corrected chi connectivity index (χ4v) is 16.5. The van der Waals surface area contributed by atoms with Crippen molar-refractivity contribution in [2.75, 3.05) is 37.7 Å². The molecule has 0 radical (unpaired) electrons. The molecule has 4 atom stereocenters. The van der Waals surface area contributed by atoms with Gasteiger partial charge in [-0.05, 0) is 84.6 Å². The van der Waals surface area contributed by atoms with Crippen LogP contribution in [0.5, 0.6) is 11.8 Å². The molecule has 4 aliphatic heterocycles. The second-order valence-electron chi connectivity index (χ2n) is 18.5. The van der Waals surface area contributed by atoms with Crippen LogP contribution >= 0.6 is 12.4 Å². The highest BCUT2D eigenvalue weighted by Gasteiger charge is 2.49. The fourth-order valence-electron chi connectivity index (χ4n) is 11.3. The van der Waals surface area contributed by atoms with Crippen molar-refractivity contribution < 1.29 is 23.0 Å². The Morgan fingerprint density at radius 3 is 2.38 bits per heavy atom. The third kappa shape index (κ3) is 7.51. The molecule has 3 aromatic heterocycles. The predicted octanol–water partition coefficient (Wildman–Crippen LogP) is 9.78. The Morgan fingerprint density at radius 2 is 1.69 bits per heavy atom. The summed E-state index contributed by atoms with van der Waals surface area (Å²) in [6.07, 6.45) is 6.54. The Morgan fingerprint density at radius 1 is 0.951 bits per heavy atom. The number of benzene rings is 2. The number of anilines is 1. The molecule has 4 fully saturated rings. The van der Waals surface area contributed by atoms with E-state index < -0.39 is 31.4 Å². The molecule has 7 heterocycles. The van der Waals surface area contributed by atoms with Gasteiger partial charge in [0, 0.05) is 67.0 Å². The van der Waals surface area contributed by atoms with Crippen molar-refractivity contribution >= 4 is 48.0 Å². The van der Waals surface area contributed by atoms with E-state index in [-0.39, 0.29) is 65.2 Å². The van der Waals surface area contributed by atoms with Crippen LogP contribution in [0.1, 0.15) is 79.2 Å². The Labute approximate surface area is 363 Å². The van der Waals surface area contributed by atoms with Gasteiger partial charge in [-0.1, -0.05) is 53.5 Å². The third-order valence-corrected chi connectivity index (χ3v) is 20.3. The van der Waals surface area contributed by atoms with Crippen molar-refractivity contribution in [3.05, 3.63) is 66.0 Å². The van der Waals surface area contributed by atoms with Crippen LogP contribution in [-0.2, 0) is 0 Å². The summed E-state index contributed by atoms with van der Waals surface area (Å²) in [4.78, 5) is 23.7. The highest BCUT2D eigenvalue weighted by Crippen LogP contribution is 2.45. The first-order chi connectivity index (χ1) is 28.8. The summed E-state index contributed by atoms with van der Waals surface area (Å²) < 4.78 is 55.7. The molecule has 4 saturated heterocycles. The van der Waals surface area contributed by atoms with Gasteiger partial charge in [0.05, 0.1) is 22.2 Å². The van der Waals surface area contributed by atoms with E-state index in [1.54, 1.807) is 30.6 Å². The average Bonchev–Trinajstić information content (AvgIpc) is 3.87. The number of hydrogen-bond acceptors (Lipinski definition) is 9. The molecule has 2 N–H and O–H groups in total. The first kappa shape index (κ1) is 43.2. The lowest BCUT2D eigenvalue weighted by Gasteiger charge is -2.38. The molecule has 0 unspecified atom stereocenters. The smallest absolute Gasteiger partial charge is 0.319 e. The Bertz CT molecular complexity index is 2500. The number of fused-ring (bicyclic) bond motifs is 5. The van der Waals surface area contributed by atoms with Crippen LogP contribution in [0.4, 0.5) is 19.0 Å². The van der Waals surface area contributed by atoms with Gasteiger partial charge < -0.3 is 20.1 Å². The fraction of sp³-hybridized carbons (Fsp3) is 0.489. The summed E-state index contributed by atoms with van der Waals surface area (Å²) in [5.41, 5.74) is 5.27. The number of pyridine rings is 2. The molecule has 2 bridgehead atoms. The number of phenolic OH excluding ortho intramolecular Hbond substituents is 1. The van der Waals surface area contributed by atoms with Gasteiger partial charge in [-0.25, -0.2) is 18.2 Å². The number of aromatic hydroxyl groups is 1. The minimum absolute atomic E-state index is 0. The van der Waals surface area contributed by atoms with Crippen molar-refractivity contribution in [1.82, 2.24) is 30.2 Å². The molecule has 0 saturated carbocycles. The topological polar surface area (TPSA) is 99.5 Å². The SMILES string of the molecule is CC(C)[Si](C#Cc1c(F)ccc2cc(O)cc(-c3nc(-c4cccnc4)c4c(N5C[C@H]6CC[C@@H](C5)N6)nc(OC[C@@]56CCCN5C[C@H](F)C6)nc4c3F)c12)(C(C)C)C(C)C.Cl. The highest BCUT2D eigenvalue weighted by atomic mass is 35.5. The molecule has 9 nitrogen and oxygen atoms in total. The van der Waals surface area contributed by atoms with Crippen molar-refractivity contribution in [2.24, 2.45) is 0 Å². The van der Waals surface area contributed by atoms with Crippen molar-refractivity contribution in [3.8, 4) is 45.7 Å². The zero-order valence-electron chi connectivity index (χ0n) is 35.7. The monoisotopic (exact) mass is 869 g/mol. The number of ether oxygens (including phenoxy) is 1. The van der Waals surface area contributed by atoms with Gasteiger partial charge in [0.15, 0.2) is 5.82 Å². The van der Waals surface area contributed by atoms with E-state index in [2.05, 4.69) is 73.1 Å².